The zero-order valence-corrected chi connectivity index (χ0v) is 8.10. The Kier molecular flexibility index (Phi) is 3.15. The number of methoxy groups -OCH3 is 1. The summed E-state index contributed by atoms with van der Waals surface area (Å²) < 4.78 is 18.0. The van der Waals surface area contributed by atoms with Crippen LogP contribution in [0, 0.1) is 17.1 Å². The highest BCUT2D eigenvalue weighted by Crippen LogP contribution is 2.36. The number of ether oxygens (including phenoxy) is 1. The molecule has 0 unspecified atom stereocenters. The van der Waals surface area contributed by atoms with Gasteiger partial charge in [0.25, 0.3) is 0 Å². The molecule has 1 N–H and O–H groups in total. The SMILES string of the molecule is COc1cc(Cl)c(F)c(CC#N)c1O. The maximum absolute atomic E-state index is 13.3. The van der Waals surface area contributed by atoms with E-state index in [0.29, 0.717) is 0 Å². The van der Waals surface area contributed by atoms with Crippen LogP contribution in [0.25, 0.3) is 0 Å². The van der Waals surface area contributed by atoms with Gasteiger partial charge in [-0.05, 0) is 0 Å². The largest absolute Gasteiger partial charge is 0.504 e. The van der Waals surface area contributed by atoms with E-state index in [1.165, 1.54) is 7.11 Å². The standard InChI is InChI=1S/C9H7ClFNO2/c1-14-7-4-6(10)8(11)5(2-3-12)9(7)13/h4,13H,2H2,1H3. The van der Waals surface area contributed by atoms with E-state index in [9.17, 15) is 9.50 Å². The van der Waals surface area contributed by atoms with Crippen LogP contribution in [-0.2, 0) is 6.42 Å². The molecule has 0 aliphatic rings. The summed E-state index contributed by atoms with van der Waals surface area (Å²) in [6, 6.07) is 2.89. The number of hydrogen-bond donors (Lipinski definition) is 1. The molecule has 1 aromatic rings. The Morgan fingerprint density at radius 1 is 1.71 bits per heavy atom. The second-order valence-electron chi connectivity index (χ2n) is 2.54. The summed E-state index contributed by atoms with van der Waals surface area (Å²) in [5, 5.41) is 17.7. The van der Waals surface area contributed by atoms with E-state index in [1.54, 1.807) is 6.07 Å². The Morgan fingerprint density at radius 3 is 2.86 bits per heavy atom. The lowest BCUT2D eigenvalue weighted by Crippen LogP contribution is -1.94. The zero-order valence-electron chi connectivity index (χ0n) is 7.34. The smallest absolute Gasteiger partial charge is 0.165 e. The molecule has 5 heteroatoms. The van der Waals surface area contributed by atoms with E-state index < -0.39 is 5.82 Å². The highest BCUT2D eigenvalue weighted by atomic mass is 35.5. The lowest BCUT2D eigenvalue weighted by Gasteiger charge is -2.08. The van der Waals surface area contributed by atoms with Crippen LogP contribution in [-0.4, -0.2) is 12.2 Å². The van der Waals surface area contributed by atoms with Crippen molar-refractivity contribution in [1.82, 2.24) is 0 Å². The first-order valence-corrected chi connectivity index (χ1v) is 4.10. The summed E-state index contributed by atoms with van der Waals surface area (Å²) in [6.07, 6.45) is -0.255. The van der Waals surface area contributed by atoms with Gasteiger partial charge < -0.3 is 9.84 Å². The number of phenols is 1. The predicted octanol–water partition coefficient (Wildman–Crippen LogP) is 2.26. The topological polar surface area (TPSA) is 53.2 Å². The lowest BCUT2D eigenvalue weighted by atomic mass is 10.1. The predicted molar refractivity (Wildman–Crippen MR) is 48.9 cm³/mol. The number of phenolic OH excluding ortho intramolecular Hbond substituents is 1. The molecule has 0 amide bonds. The Balaban J connectivity index is 3.38. The van der Waals surface area contributed by atoms with Crippen LogP contribution in [0.1, 0.15) is 5.56 Å². The molecule has 0 saturated carbocycles. The van der Waals surface area contributed by atoms with Gasteiger partial charge in [0.05, 0.1) is 24.6 Å². The molecule has 0 heterocycles. The third kappa shape index (κ3) is 1.73. The van der Waals surface area contributed by atoms with Gasteiger partial charge in [-0.3, -0.25) is 0 Å². The van der Waals surface area contributed by atoms with Crippen LogP contribution in [0.4, 0.5) is 4.39 Å². The highest BCUT2D eigenvalue weighted by Gasteiger charge is 2.16. The molecule has 1 rings (SSSR count). The van der Waals surface area contributed by atoms with Gasteiger partial charge in [-0.25, -0.2) is 4.39 Å². The van der Waals surface area contributed by atoms with E-state index in [1.807, 2.05) is 0 Å². The minimum Gasteiger partial charge on any atom is -0.504 e. The van der Waals surface area contributed by atoms with Gasteiger partial charge in [0.15, 0.2) is 11.5 Å². The van der Waals surface area contributed by atoms with E-state index in [4.69, 9.17) is 21.6 Å². The van der Waals surface area contributed by atoms with Gasteiger partial charge in [-0.15, -0.1) is 0 Å². The quantitative estimate of drug-likeness (QED) is 0.823. The van der Waals surface area contributed by atoms with Crippen LogP contribution >= 0.6 is 11.6 Å². The summed E-state index contributed by atoms with van der Waals surface area (Å²) in [4.78, 5) is 0. The average Bonchev–Trinajstić information content (AvgIpc) is 2.18. The fourth-order valence-corrected chi connectivity index (χ4v) is 1.25. The second-order valence-corrected chi connectivity index (χ2v) is 2.94. The molecule has 0 spiro atoms. The molecule has 0 aromatic heterocycles. The normalized spacial score (nSPS) is 9.57. The summed E-state index contributed by atoms with van der Waals surface area (Å²) >= 11 is 5.53. The first kappa shape index (κ1) is 10.6. The molecule has 0 bridgehead atoms. The summed E-state index contributed by atoms with van der Waals surface area (Å²) in [7, 11) is 1.32. The van der Waals surface area contributed by atoms with Gasteiger partial charge in [-0.2, -0.15) is 5.26 Å². The summed E-state index contributed by atoms with van der Waals surface area (Å²) in [6.45, 7) is 0. The molecule has 0 saturated heterocycles. The number of nitriles is 1. The molecular formula is C9H7ClFNO2. The molecule has 0 radical (unpaired) electrons. The fourth-order valence-electron chi connectivity index (χ4n) is 1.04. The van der Waals surface area contributed by atoms with Gasteiger partial charge in [0.1, 0.15) is 5.82 Å². The summed E-state index contributed by atoms with van der Waals surface area (Å²) in [5.74, 6) is -1.11. The summed E-state index contributed by atoms with van der Waals surface area (Å²) in [5.41, 5.74) is -0.142. The molecule has 74 valence electrons. The first-order valence-electron chi connectivity index (χ1n) is 3.72. The third-order valence-electron chi connectivity index (χ3n) is 1.73. The van der Waals surface area contributed by atoms with E-state index in [0.717, 1.165) is 6.07 Å². The minimum absolute atomic E-state index is 0.0571. The van der Waals surface area contributed by atoms with Crippen molar-refractivity contribution in [3.63, 3.8) is 0 Å². The van der Waals surface area contributed by atoms with Crippen molar-refractivity contribution < 1.29 is 14.2 Å². The number of rotatable bonds is 2. The Bertz CT molecular complexity index is 401. The van der Waals surface area contributed by atoms with Crippen molar-refractivity contribution in [3.8, 4) is 17.6 Å². The highest BCUT2D eigenvalue weighted by molar-refractivity contribution is 6.31. The Labute approximate surface area is 85.3 Å². The van der Waals surface area contributed by atoms with Crippen LogP contribution in [0.2, 0.25) is 5.02 Å². The number of nitrogens with zero attached hydrogens (tertiary/aromatic N) is 1. The molecular weight excluding hydrogens is 209 g/mol. The lowest BCUT2D eigenvalue weighted by molar-refractivity contribution is 0.368. The number of aromatic hydroxyl groups is 1. The maximum Gasteiger partial charge on any atom is 0.165 e. The first-order chi connectivity index (χ1) is 6.61. The number of halogens is 2. The van der Waals surface area contributed by atoms with E-state index >= 15 is 0 Å². The Morgan fingerprint density at radius 2 is 2.36 bits per heavy atom. The Hall–Kier alpha value is -1.47. The van der Waals surface area contributed by atoms with Crippen LogP contribution in [0.3, 0.4) is 0 Å². The molecule has 3 nitrogen and oxygen atoms in total. The van der Waals surface area contributed by atoms with Gasteiger partial charge in [0.2, 0.25) is 0 Å². The van der Waals surface area contributed by atoms with Gasteiger partial charge in [0, 0.05) is 11.6 Å². The van der Waals surface area contributed by atoms with Gasteiger partial charge in [-0.1, -0.05) is 11.6 Å². The van der Waals surface area contributed by atoms with Crippen LogP contribution in [0.5, 0.6) is 11.5 Å². The minimum atomic E-state index is -0.786. The monoisotopic (exact) mass is 215 g/mol. The molecule has 14 heavy (non-hydrogen) atoms. The van der Waals surface area contributed by atoms with Crippen LogP contribution < -0.4 is 4.74 Å². The zero-order chi connectivity index (χ0) is 10.7. The van der Waals surface area contributed by atoms with Crippen molar-refractivity contribution in [2.45, 2.75) is 6.42 Å². The molecule has 0 atom stereocenters. The van der Waals surface area contributed by atoms with Crippen molar-refractivity contribution in [3.05, 3.63) is 22.5 Å². The fraction of sp³-hybridized carbons (Fsp3) is 0.222. The van der Waals surface area contributed by atoms with Crippen molar-refractivity contribution >= 4 is 11.6 Å². The third-order valence-corrected chi connectivity index (χ3v) is 2.00. The number of benzene rings is 1. The maximum atomic E-state index is 13.3. The molecule has 0 fully saturated rings. The van der Waals surface area contributed by atoms with E-state index in [-0.39, 0.29) is 28.5 Å². The number of hydrogen-bond acceptors (Lipinski definition) is 3. The van der Waals surface area contributed by atoms with Crippen molar-refractivity contribution in [2.24, 2.45) is 0 Å². The molecule has 0 aliphatic heterocycles. The average molecular weight is 216 g/mol. The van der Waals surface area contributed by atoms with Crippen LogP contribution in [0.15, 0.2) is 6.07 Å². The van der Waals surface area contributed by atoms with Crippen molar-refractivity contribution in [1.29, 1.82) is 5.26 Å². The second kappa shape index (κ2) is 4.16. The van der Waals surface area contributed by atoms with Crippen molar-refractivity contribution in [2.75, 3.05) is 7.11 Å². The van der Waals surface area contributed by atoms with E-state index in [2.05, 4.69) is 0 Å². The molecule has 1 aromatic carbocycles. The molecule has 0 aliphatic carbocycles. The van der Waals surface area contributed by atoms with Gasteiger partial charge >= 0.3 is 0 Å².